The minimum atomic E-state index is -0.569. The monoisotopic (exact) mass is 357 g/mol. The number of amides is 1. The lowest BCUT2D eigenvalue weighted by Crippen LogP contribution is -2.31. The van der Waals surface area contributed by atoms with E-state index < -0.39 is 6.10 Å². The second kappa shape index (κ2) is 6.22. The number of carbonyl (C=O) groups excluding carboxylic acids is 1. The van der Waals surface area contributed by atoms with Gasteiger partial charge >= 0.3 is 0 Å². The summed E-state index contributed by atoms with van der Waals surface area (Å²) >= 11 is 7.33. The van der Waals surface area contributed by atoms with E-state index >= 15 is 0 Å². The van der Waals surface area contributed by atoms with Gasteiger partial charge in [0, 0.05) is 23.0 Å². The van der Waals surface area contributed by atoms with Crippen LogP contribution in [0.3, 0.4) is 0 Å². The van der Waals surface area contributed by atoms with Gasteiger partial charge in [0.1, 0.15) is 11.4 Å². The Hall–Kier alpha value is -2.44. The first-order valence-corrected chi connectivity index (χ1v) is 8.58. The molecule has 7 heteroatoms. The summed E-state index contributed by atoms with van der Waals surface area (Å²) in [6, 6.07) is 11.0. The Kier molecular flexibility index (Phi) is 3.92. The third-order valence-corrected chi connectivity index (χ3v) is 4.64. The van der Waals surface area contributed by atoms with E-state index in [4.69, 9.17) is 16.3 Å². The van der Waals surface area contributed by atoms with Gasteiger partial charge in [-0.25, -0.2) is 4.98 Å². The number of rotatable bonds is 3. The van der Waals surface area contributed by atoms with Crippen molar-refractivity contribution < 1.29 is 9.53 Å². The molecule has 3 heterocycles. The number of nitrogens with one attached hydrogen (secondary N) is 1. The quantitative estimate of drug-likeness (QED) is 0.774. The highest BCUT2D eigenvalue weighted by Gasteiger charge is 2.29. The van der Waals surface area contributed by atoms with Crippen LogP contribution in [0.5, 0.6) is 5.75 Å². The van der Waals surface area contributed by atoms with E-state index in [1.54, 1.807) is 18.3 Å². The van der Waals surface area contributed by atoms with Crippen LogP contribution < -0.4 is 10.1 Å². The molecule has 5 nitrogen and oxygen atoms in total. The topological polar surface area (TPSA) is 64.1 Å². The maximum Gasteiger partial charge on any atom is 0.267 e. The predicted molar refractivity (Wildman–Crippen MR) is 93.5 cm³/mol. The van der Waals surface area contributed by atoms with E-state index in [0.717, 1.165) is 17.0 Å². The molecule has 0 aliphatic carbocycles. The third kappa shape index (κ3) is 2.98. The van der Waals surface area contributed by atoms with Gasteiger partial charge in [0.2, 0.25) is 0 Å². The number of hydrogen-bond acceptors (Lipinski definition) is 5. The molecule has 0 bridgehead atoms. The van der Waals surface area contributed by atoms with Gasteiger partial charge in [-0.3, -0.25) is 15.1 Å². The zero-order chi connectivity index (χ0) is 16.5. The number of hydrogen-bond donors (Lipinski definition) is 1. The Balaban J connectivity index is 1.45. The molecule has 0 fully saturated rings. The average molecular weight is 358 g/mol. The summed E-state index contributed by atoms with van der Waals surface area (Å²) in [5, 5.41) is 5.83. The molecule has 1 amide bonds. The predicted octanol–water partition coefficient (Wildman–Crippen LogP) is 3.80. The first-order chi connectivity index (χ1) is 11.7. The Morgan fingerprint density at radius 2 is 2.21 bits per heavy atom. The molecule has 1 aliphatic rings. The molecule has 0 radical (unpaired) electrons. The van der Waals surface area contributed by atoms with Gasteiger partial charge in [-0.15, -0.1) is 11.3 Å². The molecule has 0 spiro atoms. The number of benzene rings is 1. The Labute approximate surface area is 147 Å². The minimum absolute atomic E-state index is 0.218. The van der Waals surface area contributed by atoms with Crippen LogP contribution in [0, 0.1) is 0 Å². The molecular formula is C17H12ClN3O2S. The van der Waals surface area contributed by atoms with Gasteiger partial charge in [0.15, 0.2) is 11.2 Å². The van der Waals surface area contributed by atoms with Crippen molar-refractivity contribution in [1.82, 2.24) is 9.97 Å². The maximum absolute atomic E-state index is 12.4. The van der Waals surface area contributed by atoms with Crippen molar-refractivity contribution in [2.24, 2.45) is 0 Å². The Morgan fingerprint density at radius 3 is 3.04 bits per heavy atom. The van der Waals surface area contributed by atoms with Crippen molar-refractivity contribution in [3.63, 3.8) is 0 Å². The maximum atomic E-state index is 12.4. The average Bonchev–Trinajstić information content (AvgIpc) is 3.22. The van der Waals surface area contributed by atoms with Crippen LogP contribution >= 0.6 is 22.9 Å². The standard InChI is InChI=1S/C17H12ClN3O2S/c18-11-4-5-14-10(7-11)8-15(23-14)16(22)21-17-20-13(9-24-17)12-3-1-2-6-19-12/h1-7,9,15H,8H2,(H,20,21,22). The lowest BCUT2D eigenvalue weighted by molar-refractivity contribution is -0.122. The third-order valence-electron chi connectivity index (χ3n) is 3.65. The molecule has 1 aliphatic heterocycles. The number of fused-ring (bicyclic) bond motifs is 1. The molecular weight excluding hydrogens is 346 g/mol. The highest BCUT2D eigenvalue weighted by molar-refractivity contribution is 7.14. The van der Waals surface area contributed by atoms with Crippen LogP contribution in [0.25, 0.3) is 11.4 Å². The number of thiazole rings is 1. The molecule has 24 heavy (non-hydrogen) atoms. The summed E-state index contributed by atoms with van der Waals surface area (Å²) in [4.78, 5) is 21.0. The number of aromatic nitrogens is 2. The lowest BCUT2D eigenvalue weighted by Gasteiger charge is -2.09. The largest absolute Gasteiger partial charge is 0.480 e. The van der Waals surface area contributed by atoms with E-state index in [0.29, 0.717) is 22.3 Å². The van der Waals surface area contributed by atoms with Crippen molar-refractivity contribution in [3.05, 3.63) is 58.6 Å². The lowest BCUT2D eigenvalue weighted by atomic mass is 10.1. The number of nitrogens with zero attached hydrogens (tertiary/aromatic N) is 2. The number of pyridine rings is 1. The first-order valence-electron chi connectivity index (χ1n) is 7.32. The van der Waals surface area contributed by atoms with Crippen molar-refractivity contribution in [1.29, 1.82) is 0 Å². The van der Waals surface area contributed by atoms with E-state index in [1.165, 1.54) is 11.3 Å². The normalized spacial score (nSPS) is 15.6. The smallest absolute Gasteiger partial charge is 0.267 e. The summed E-state index contributed by atoms with van der Waals surface area (Å²) in [5.41, 5.74) is 2.45. The summed E-state index contributed by atoms with van der Waals surface area (Å²) in [5.74, 6) is 0.483. The van der Waals surface area contributed by atoms with Gasteiger partial charge in [-0.05, 0) is 35.9 Å². The summed E-state index contributed by atoms with van der Waals surface area (Å²) in [7, 11) is 0. The fourth-order valence-electron chi connectivity index (χ4n) is 2.51. The summed E-state index contributed by atoms with van der Waals surface area (Å²) < 4.78 is 5.68. The highest BCUT2D eigenvalue weighted by atomic mass is 35.5. The van der Waals surface area contributed by atoms with E-state index in [-0.39, 0.29) is 5.91 Å². The Bertz CT molecular complexity index is 898. The summed E-state index contributed by atoms with van der Waals surface area (Å²) in [6.07, 6.45) is 1.64. The Morgan fingerprint density at radius 1 is 1.29 bits per heavy atom. The van der Waals surface area contributed by atoms with E-state index in [2.05, 4.69) is 15.3 Å². The molecule has 1 aromatic carbocycles. The van der Waals surface area contributed by atoms with Gasteiger partial charge < -0.3 is 4.74 Å². The van der Waals surface area contributed by atoms with Gasteiger partial charge in [0.25, 0.3) is 5.91 Å². The van der Waals surface area contributed by atoms with Crippen LogP contribution in [0.1, 0.15) is 5.56 Å². The molecule has 1 unspecified atom stereocenters. The molecule has 2 aromatic heterocycles. The number of ether oxygens (including phenoxy) is 1. The van der Waals surface area contributed by atoms with Gasteiger partial charge in [0.05, 0.1) is 5.69 Å². The van der Waals surface area contributed by atoms with E-state index in [1.807, 2.05) is 29.6 Å². The van der Waals surface area contributed by atoms with Crippen molar-refractivity contribution >= 4 is 34.0 Å². The van der Waals surface area contributed by atoms with Crippen LogP contribution in [0.15, 0.2) is 48.0 Å². The second-order valence-corrected chi connectivity index (χ2v) is 6.60. The molecule has 1 N–H and O–H groups in total. The molecule has 0 saturated heterocycles. The van der Waals surface area contributed by atoms with Crippen molar-refractivity contribution in [2.75, 3.05) is 5.32 Å². The van der Waals surface area contributed by atoms with Crippen LogP contribution in [-0.4, -0.2) is 22.0 Å². The van der Waals surface area contributed by atoms with Crippen molar-refractivity contribution in [2.45, 2.75) is 12.5 Å². The zero-order valence-corrected chi connectivity index (χ0v) is 14.0. The second-order valence-electron chi connectivity index (χ2n) is 5.30. The molecule has 3 aromatic rings. The fraction of sp³-hybridized carbons (Fsp3) is 0.118. The SMILES string of the molecule is O=C(Nc1nc(-c2ccccn2)cs1)C1Cc2cc(Cl)ccc2O1. The zero-order valence-electron chi connectivity index (χ0n) is 12.4. The molecule has 1 atom stereocenters. The van der Waals surface area contributed by atoms with Crippen LogP contribution in [0.2, 0.25) is 5.02 Å². The first kappa shape index (κ1) is 15.1. The number of anilines is 1. The molecule has 4 rings (SSSR count). The molecule has 0 saturated carbocycles. The van der Waals surface area contributed by atoms with Crippen molar-refractivity contribution in [3.8, 4) is 17.1 Å². The number of halogens is 1. The van der Waals surface area contributed by atoms with Crippen LogP contribution in [0.4, 0.5) is 5.13 Å². The molecule has 120 valence electrons. The van der Waals surface area contributed by atoms with Crippen LogP contribution in [-0.2, 0) is 11.2 Å². The number of carbonyl (C=O) groups is 1. The fourth-order valence-corrected chi connectivity index (χ4v) is 3.41. The summed E-state index contributed by atoms with van der Waals surface area (Å²) in [6.45, 7) is 0. The van der Waals surface area contributed by atoms with Gasteiger partial charge in [-0.2, -0.15) is 0 Å². The van der Waals surface area contributed by atoms with Gasteiger partial charge in [-0.1, -0.05) is 17.7 Å². The van der Waals surface area contributed by atoms with E-state index in [9.17, 15) is 4.79 Å². The minimum Gasteiger partial charge on any atom is -0.480 e. The highest BCUT2D eigenvalue weighted by Crippen LogP contribution is 2.32.